The number of carboxylic acids is 1. The Labute approximate surface area is 176 Å². The summed E-state index contributed by atoms with van der Waals surface area (Å²) < 4.78 is 35.7. The fourth-order valence-corrected chi connectivity index (χ4v) is 3.54. The van der Waals surface area contributed by atoms with Crippen LogP contribution >= 0.6 is 0 Å². The summed E-state index contributed by atoms with van der Waals surface area (Å²) in [7, 11) is 0. The van der Waals surface area contributed by atoms with Crippen molar-refractivity contribution >= 4 is 17.8 Å². The molecule has 1 saturated carbocycles. The molecular weight excluding hydrogens is 412 g/mol. The predicted molar refractivity (Wildman–Crippen MR) is 103 cm³/mol. The van der Waals surface area contributed by atoms with E-state index in [1.165, 1.54) is 30.3 Å². The molecule has 4 rings (SSSR count). The van der Waals surface area contributed by atoms with Crippen LogP contribution in [-0.2, 0) is 4.79 Å². The monoisotopic (exact) mass is 431 g/mol. The average Bonchev–Trinajstić information content (AvgIpc) is 3.52. The van der Waals surface area contributed by atoms with E-state index >= 15 is 0 Å². The van der Waals surface area contributed by atoms with Gasteiger partial charge in [0.05, 0.1) is 30.2 Å². The molecule has 0 bridgehead atoms. The number of carbonyl (C=O) groups is 3. The molecule has 0 spiro atoms. The molecule has 2 amide bonds. The molecule has 0 aromatic heterocycles. The van der Waals surface area contributed by atoms with E-state index in [9.17, 15) is 28.3 Å². The number of hydrogen-bond donors (Lipinski definition) is 1. The third-order valence-corrected chi connectivity index (χ3v) is 5.25. The molecule has 2 aromatic carbocycles. The molecule has 1 atom stereocenters. The molecule has 0 saturated heterocycles. The van der Waals surface area contributed by atoms with Gasteiger partial charge in [-0.2, -0.15) is 8.78 Å². The lowest BCUT2D eigenvalue weighted by Gasteiger charge is -2.26. The van der Waals surface area contributed by atoms with Crippen LogP contribution in [0.25, 0.3) is 0 Å². The fourth-order valence-electron chi connectivity index (χ4n) is 3.54. The number of aliphatic carboxylic acids is 1. The number of benzene rings is 2. The molecule has 2 aromatic rings. The van der Waals surface area contributed by atoms with Gasteiger partial charge in [0.2, 0.25) is 0 Å². The van der Waals surface area contributed by atoms with Crippen LogP contribution in [0.5, 0.6) is 11.5 Å². The number of alkyl halides is 2. The molecule has 7 nitrogen and oxygen atoms in total. The molecular formula is C22H19F2NO6. The summed E-state index contributed by atoms with van der Waals surface area (Å²) in [5.74, 6) is -2.31. The van der Waals surface area contributed by atoms with E-state index in [1.807, 2.05) is 0 Å². The van der Waals surface area contributed by atoms with Gasteiger partial charge in [-0.15, -0.1) is 0 Å². The van der Waals surface area contributed by atoms with Gasteiger partial charge in [0.1, 0.15) is 0 Å². The van der Waals surface area contributed by atoms with Crippen molar-refractivity contribution in [1.29, 1.82) is 0 Å². The molecule has 9 heteroatoms. The summed E-state index contributed by atoms with van der Waals surface area (Å²) in [5.41, 5.74) is 0.640. The first-order valence-electron chi connectivity index (χ1n) is 9.75. The Morgan fingerprint density at radius 1 is 1.06 bits per heavy atom. The van der Waals surface area contributed by atoms with Crippen LogP contribution in [0.15, 0.2) is 42.5 Å². The third-order valence-electron chi connectivity index (χ3n) is 5.25. The number of imide groups is 1. The maximum absolute atomic E-state index is 12.9. The number of ether oxygens (including phenoxy) is 2. The normalized spacial score (nSPS) is 16.4. The van der Waals surface area contributed by atoms with Gasteiger partial charge in [0.25, 0.3) is 11.8 Å². The summed E-state index contributed by atoms with van der Waals surface area (Å²) in [4.78, 5) is 38.2. The van der Waals surface area contributed by atoms with Crippen LogP contribution < -0.4 is 9.47 Å². The van der Waals surface area contributed by atoms with Gasteiger partial charge >= 0.3 is 12.6 Å². The van der Waals surface area contributed by atoms with Crippen molar-refractivity contribution in [1.82, 2.24) is 4.90 Å². The number of halogens is 2. The largest absolute Gasteiger partial charge is 0.489 e. The maximum atomic E-state index is 12.9. The minimum Gasteiger partial charge on any atom is -0.489 e. The van der Waals surface area contributed by atoms with Gasteiger partial charge in [-0.3, -0.25) is 19.3 Å². The number of amides is 2. The van der Waals surface area contributed by atoms with Crippen molar-refractivity contribution < 1.29 is 37.7 Å². The third kappa shape index (κ3) is 4.35. The molecule has 2 aliphatic rings. The molecule has 162 valence electrons. The summed E-state index contributed by atoms with van der Waals surface area (Å²) >= 11 is 0. The van der Waals surface area contributed by atoms with E-state index in [0.717, 1.165) is 17.7 Å². The number of fused-ring (bicyclic) bond motifs is 1. The smallest absolute Gasteiger partial charge is 0.387 e. The van der Waals surface area contributed by atoms with Gasteiger partial charge < -0.3 is 14.6 Å². The first-order valence-corrected chi connectivity index (χ1v) is 9.75. The van der Waals surface area contributed by atoms with Crippen molar-refractivity contribution in [3.63, 3.8) is 0 Å². The van der Waals surface area contributed by atoms with E-state index in [4.69, 9.17) is 4.74 Å². The van der Waals surface area contributed by atoms with Crippen molar-refractivity contribution in [2.24, 2.45) is 5.92 Å². The first kappa shape index (κ1) is 20.8. The first-order chi connectivity index (χ1) is 14.8. The summed E-state index contributed by atoms with van der Waals surface area (Å²) in [6.45, 7) is -2.76. The van der Waals surface area contributed by atoms with Crippen LogP contribution in [0.2, 0.25) is 0 Å². The van der Waals surface area contributed by atoms with E-state index in [-0.39, 0.29) is 28.2 Å². The summed E-state index contributed by atoms with van der Waals surface area (Å²) in [6, 6.07) is 9.02. The van der Waals surface area contributed by atoms with E-state index in [0.29, 0.717) is 12.5 Å². The second kappa shape index (κ2) is 8.33. The van der Waals surface area contributed by atoms with E-state index in [2.05, 4.69) is 4.74 Å². The zero-order valence-electron chi connectivity index (χ0n) is 16.3. The van der Waals surface area contributed by atoms with Crippen LogP contribution in [-0.4, -0.2) is 41.0 Å². The maximum Gasteiger partial charge on any atom is 0.387 e. The highest BCUT2D eigenvalue weighted by atomic mass is 19.3. The number of rotatable bonds is 9. The number of nitrogens with zero attached hydrogens (tertiary/aromatic N) is 1. The summed E-state index contributed by atoms with van der Waals surface area (Å²) in [6.07, 6.45) is 1.39. The average molecular weight is 431 g/mol. The van der Waals surface area contributed by atoms with Crippen LogP contribution in [0.1, 0.15) is 51.6 Å². The standard InChI is InChI=1S/C22H19F2NO6/c23-22(24)31-17-8-7-13(9-18(17)30-11-12-5-6-12)16(10-19(26)27)25-20(28)14-3-1-2-4-15(14)21(25)29/h1-4,7-9,12,16,22H,5-6,10-11H2,(H,26,27). The lowest BCUT2D eigenvalue weighted by atomic mass is 10.0. The zero-order chi connectivity index (χ0) is 22.1. The Balaban J connectivity index is 1.70. The lowest BCUT2D eigenvalue weighted by molar-refractivity contribution is -0.138. The minimum atomic E-state index is -3.07. The highest BCUT2D eigenvalue weighted by Crippen LogP contribution is 2.39. The highest BCUT2D eigenvalue weighted by Gasteiger charge is 2.41. The van der Waals surface area contributed by atoms with Gasteiger partial charge in [0, 0.05) is 0 Å². The number of hydrogen-bond acceptors (Lipinski definition) is 5. The molecule has 1 aliphatic heterocycles. The van der Waals surface area contributed by atoms with Crippen molar-refractivity contribution in [3.05, 3.63) is 59.2 Å². The van der Waals surface area contributed by atoms with Crippen LogP contribution in [0.3, 0.4) is 0 Å². The van der Waals surface area contributed by atoms with Gasteiger partial charge in [-0.1, -0.05) is 18.2 Å². The van der Waals surface area contributed by atoms with Gasteiger partial charge in [-0.25, -0.2) is 0 Å². The van der Waals surface area contributed by atoms with Crippen molar-refractivity contribution in [2.75, 3.05) is 6.61 Å². The Kier molecular flexibility index (Phi) is 5.58. The molecule has 31 heavy (non-hydrogen) atoms. The van der Waals surface area contributed by atoms with E-state index < -0.39 is 36.9 Å². The lowest BCUT2D eigenvalue weighted by Crippen LogP contribution is -2.35. The number of carboxylic acid groups (broad SMARTS) is 1. The molecule has 1 N–H and O–H groups in total. The second-order valence-electron chi connectivity index (χ2n) is 7.48. The predicted octanol–water partition coefficient (Wildman–Crippen LogP) is 3.89. The second-order valence-corrected chi connectivity index (χ2v) is 7.48. The Hall–Kier alpha value is -3.49. The quantitative estimate of drug-likeness (QED) is 0.606. The van der Waals surface area contributed by atoms with Crippen molar-refractivity contribution in [3.8, 4) is 11.5 Å². The number of carbonyl (C=O) groups excluding carboxylic acids is 2. The summed E-state index contributed by atoms with van der Waals surface area (Å²) in [5, 5.41) is 9.42. The molecule has 1 heterocycles. The Morgan fingerprint density at radius 2 is 1.71 bits per heavy atom. The molecule has 0 radical (unpaired) electrons. The highest BCUT2D eigenvalue weighted by molar-refractivity contribution is 6.21. The van der Waals surface area contributed by atoms with E-state index in [1.54, 1.807) is 12.1 Å². The van der Waals surface area contributed by atoms with Gasteiger partial charge in [-0.05, 0) is 48.6 Å². The molecule has 1 fully saturated rings. The zero-order valence-corrected chi connectivity index (χ0v) is 16.3. The Morgan fingerprint density at radius 3 is 2.26 bits per heavy atom. The minimum absolute atomic E-state index is 0.0108. The van der Waals surface area contributed by atoms with Gasteiger partial charge in [0.15, 0.2) is 11.5 Å². The Bertz CT molecular complexity index is 1000. The van der Waals surface area contributed by atoms with Crippen LogP contribution in [0, 0.1) is 5.92 Å². The topological polar surface area (TPSA) is 93.1 Å². The SMILES string of the molecule is O=C(O)CC(c1ccc(OC(F)F)c(OCC2CC2)c1)N1C(=O)c2ccccc2C1=O. The van der Waals surface area contributed by atoms with Crippen LogP contribution in [0.4, 0.5) is 8.78 Å². The molecule has 1 aliphatic carbocycles. The van der Waals surface area contributed by atoms with Crippen molar-refractivity contribution in [2.45, 2.75) is 31.9 Å². The molecule has 1 unspecified atom stereocenters. The fraction of sp³-hybridized carbons (Fsp3) is 0.318.